The number of amides is 2. The number of hydrogen-bond acceptors (Lipinski definition) is 3. The molecule has 2 rings (SSSR count). The smallest absolute Gasteiger partial charge is 0.315 e. The molecule has 3 N–H and O–H groups in total. The summed E-state index contributed by atoms with van der Waals surface area (Å²) in [5.41, 5.74) is 1.24. The van der Waals surface area contributed by atoms with Gasteiger partial charge in [0.2, 0.25) is 0 Å². The van der Waals surface area contributed by atoms with E-state index in [-0.39, 0.29) is 24.7 Å². The fourth-order valence-corrected chi connectivity index (χ4v) is 3.19. The minimum atomic E-state index is -0.0790. The molecular weight excluding hydrogens is 304 g/mol. The van der Waals surface area contributed by atoms with Crippen LogP contribution >= 0.6 is 0 Å². The van der Waals surface area contributed by atoms with Gasteiger partial charge in [-0.15, -0.1) is 0 Å². The van der Waals surface area contributed by atoms with Gasteiger partial charge in [0, 0.05) is 18.7 Å². The fourth-order valence-electron chi connectivity index (χ4n) is 3.19. The van der Waals surface area contributed by atoms with Crippen molar-refractivity contribution in [3.8, 4) is 5.75 Å². The lowest BCUT2D eigenvalue weighted by molar-refractivity contribution is 0.174. The van der Waals surface area contributed by atoms with E-state index in [9.17, 15) is 4.79 Å². The molecule has 1 atom stereocenters. The molecule has 0 heterocycles. The van der Waals surface area contributed by atoms with Gasteiger partial charge in [-0.05, 0) is 69.1 Å². The first-order valence-corrected chi connectivity index (χ1v) is 8.91. The first-order chi connectivity index (χ1) is 11.6. The third-order valence-electron chi connectivity index (χ3n) is 4.84. The van der Waals surface area contributed by atoms with Crippen LogP contribution in [0.25, 0.3) is 0 Å². The Hall–Kier alpha value is -1.75. The lowest BCUT2D eigenvalue weighted by atomic mass is 9.87. The normalized spacial score (nSPS) is 21.8. The van der Waals surface area contributed by atoms with Gasteiger partial charge in [-0.3, -0.25) is 0 Å². The van der Waals surface area contributed by atoms with Crippen LogP contribution in [-0.4, -0.2) is 36.9 Å². The number of aryl methyl sites for hydroxylation is 1. The van der Waals surface area contributed by atoms with Crippen LogP contribution in [0.2, 0.25) is 0 Å². The standard InChI is InChI=1S/C19H30N2O3/c1-14(3-4-15-7-11-18(24-2)12-8-15)20-19(23)21-17-9-5-16(13-22)6-10-17/h7-8,11-12,14,16-17,22H,3-6,9-10,13H2,1-2H3,(H2,20,21,23). The SMILES string of the molecule is COc1ccc(CCC(C)NC(=O)NC2CCC(CO)CC2)cc1. The number of ether oxygens (including phenoxy) is 1. The van der Waals surface area contributed by atoms with E-state index in [1.54, 1.807) is 7.11 Å². The molecule has 1 saturated carbocycles. The Morgan fingerprint density at radius 2 is 1.92 bits per heavy atom. The van der Waals surface area contributed by atoms with Gasteiger partial charge in [0.05, 0.1) is 7.11 Å². The van der Waals surface area contributed by atoms with Crippen LogP contribution in [0, 0.1) is 5.92 Å². The predicted octanol–water partition coefficient (Wildman–Crippen LogP) is 2.87. The van der Waals surface area contributed by atoms with E-state index in [2.05, 4.69) is 22.8 Å². The minimum absolute atomic E-state index is 0.0790. The molecule has 5 heteroatoms. The average Bonchev–Trinajstić information content (AvgIpc) is 2.61. The number of hydrogen-bond donors (Lipinski definition) is 3. The third kappa shape index (κ3) is 6.04. The molecule has 0 radical (unpaired) electrons. The fraction of sp³-hybridized carbons (Fsp3) is 0.632. The van der Waals surface area contributed by atoms with Crippen molar-refractivity contribution >= 4 is 6.03 Å². The molecule has 0 aliphatic heterocycles. The lowest BCUT2D eigenvalue weighted by Crippen LogP contribution is -2.46. The van der Waals surface area contributed by atoms with Crippen LogP contribution in [-0.2, 0) is 6.42 Å². The number of aliphatic hydroxyl groups is 1. The van der Waals surface area contributed by atoms with E-state index >= 15 is 0 Å². The van der Waals surface area contributed by atoms with Crippen molar-refractivity contribution in [3.05, 3.63) is 29.8 Å². The summed E-state index contributed by atoms with van der Waals surface area (Å²) in [4.78, 5) is 12.1. The van der Waals surface area contributed by atoms with Crippen LogP contribution in [0.15, 0.2) is 24.3 Å². The van der Waals surface area contributed by atoms with Crippen LogP contribution in [0.4, 0.5) is 4.79 Å². The highest BCUT2D eigenvalue weighted by atomic mass is 16.5. The van der Waals surface area contributed by atoms with Crippen molar-refractivity contribution in [2.24, 2.45) is 5.92 Å². The molecule has 1 unspecified atom stereocenters. The Bertz CT molecular complexity index is 496. The van der Waals surface area contributed by atoms with Crippen molar-refractivity contribution in [1.29, 1.82) is 0 Å². The summed E-state index contributed by atoms with van der Waals surface area (Å²) < 4.78 is 5.15. The maximum absolute atomic E-state index is 12.1. The zero-order valence-electron chi connectivity index (χ0n) is 14.8. The van der Waals surface area contributed by atoms with Crippen LogP contribution < -0.4 is 15.4 Å². The number of aliphatic hydroxyl groups excluding tert-OH is 1. The summed E-state index contributed by atoms with van der Waals surface area (Å²) in [5.74, 6) is 1.27. The number of carbonyl (C=O) groups excluding carboxylic acids is 1. The van der Waals surface area contributed by atoms with E-state index in [4.69, 9.17) is 9.84 Å². The monoisotopic (exact) mass is 334 g/mol. The van der Waals surface area contributed by atoms with E-state index in [1.165, 1.54) is 5.56 Å². The summed E-state index contributed by atoms with van der Waals surface area (Å²) in [6.45, 7) is 2.30. The number of urea groups is 1. The predicted molar refractivity (Wildman–Crippen MR) is 95.3 cm³/mol. The number of benzene rings is 1. The Morgan fingerprint density at radius 1 is 1.25 bits per heavy atom. The van der Waals surface area contributed by atoms with Gasteiger partial charge in [-0.2, -0.15) is 0 Å². The van der Waals surface area contributed by atoms with Crippen molar-refractivity contribution in [3.63, 3.8) is 0 Å². The highest BCUT2D eigenvalue weighted by Crippen LogP contribution is 2.23. The number of methoxy groups -OCH3 is 1. The first-order valence-electron chi connectivity index (χ1n) is 8.91. The Kier molecular flexibility index (Phi) is 7.37. The second-order valence-corrected chi connectivity index (χ2v) is 6.81. The second kappa shape index (κ2) is 9.52. The Balaban J connectivity index is 1.66. The van der Waals surface area contributed by atoms with Gasteiger partial charge >= 0.3 is 6.03 Å². The summed E-state index contributed by atoms with van der Waals surface area (Å²) >= 11 is 0. The van der Waals surface area contributed by atoms with Gasteiger partial charge in [0.15, 0.2) is 0 Å². The van der Waals surface area contributed by atoms with E-state index in [0.29, 0.717) is 5.92 Å². The van der Waals surface area contributed by atoms with Gasteiger partial charge < -0.3 is 20.5 Å². The summed E-state index contributed by atoms with van der Waals surface area (Å²) in [5, 5.41) is 15.2. The van der Waals surface area contributed by atoms with Crippen molar-refractivity contribution in [2.45, 2.75) is 57.5 Å². The Labute approximate surface area is 144 Å². The minimum Gasteiger partial charge on any atom is -0.497 e. The molecule has 24 heavy (non-hydrogen) atoms. The van der Waals surface area contributed by atoms with Crippen molar-refractivity contribution < 1.29 is 14.6 Å². The first kappa shape index (κ1) is 18.6. The molecule has 5 nitrogen and oxygen atoms in total. The molecule has 134 valence electrons. The molecule has 0 saturated heterocycles. The lowest BCUT2D eigenvalue weighted by Gasteiger charge is -2.28. The molecule has 1 aliphatic carbocycles. The van der Waals surface area contributed by atoms with Crippen molar-refractivity contribution in [1.82, 2.24) is 10.6 Å². The molecule has 1 fully saturated rings. The Morgan fingerprint density at radius 3 is 2.50 bits per heavy atom. The molecule has 1 aliphatic rings. The largest absolute Gasteiger partial charge is 0.497 e. The molecule has 0 aromatic heterocycles. The van der Waals surface area contributed by atoms with Crippen LogP contribution in [0.3, 0.4) is 0 Å². The topological polar surface area (TPSA) is 70.6 Å². The zero-order valence-corrected chi connectivity index (χ0v) is 14.8. The van der Waals surface area contributed by atoms with E-state index in [1.807, 2.05) is 19.1 Å². The quantitative estimate of drug-likeness (QED) is 0.718. The summed E-state index contributed by atoms with van der Waals surface area (Å²) in [6.07, 6.45) is 5.73. The molecule has 2 amide bonds. The average molecular weight is 334 g/mol. The van der Waals surface area contributed by atoms with Crippen LogP contribution in [0.1, 0.15) is 44.6 Å². The van der Waals surface area contributed by atoms with E-state index < -0.39 is 0 Å². The van der Waals surface area contributed by atoms with Gasteiger partial charge in [-0.25, -0.2) is 4.79 Å². The highest BCUT2D eigenvalue weighted by Gasteiger charge is 2.22. The second-order valence-electron chi connectivity index (χ2n) is 6.81. The van der Waals surface area contributed by atoms with Gasteiger partial charge in [0.1, 0.15) is 5.75 Å². The maximum Gasteiger partial charge on any atom is 0.315 e. The van der Waals surface area contributed by atoms with E-state index in [0.717, 1.165) is 44.3 Å². The molecule has 0 bridgehead atoms. The molecule has 1 aromatic carbocycles. The maximum atomic E-state index is 12.1. The number of nitrogens with one attached hydrogen (secondary N) is 2. The zero-order chi connectivity index (χ0) is 17.4. The summed E-state index contributed by atoms with van der Waals surface area (Å²) in [6, 6.07) is 8.33. The van der Waals surface area contributed by atoms with Crippen LogP contribution in [0.5, 0.6) is 5.75 Å². The van der Waals surface area contributed by atoms with Gasteiger partial charge in [0.25, 0.3) is 0 Å². The molecule has 1 aromatic rings. The van der Waals surface area contributed by atoms with Crippen molar-refractivity contribution in [2.75, 3.05) is 13.7 Å². The number of rotatable bonds is 7. The summed E-state index contributed by atoms with van der Waals surface area (Å²) in [7, 11) is 1.66. The van der Waals surface area contributed by atoms with Gasteiger partial charge in [-0.1, -0.05) is 12.1 Å². The highest BCUT2D eigenvalue weighted by molar-refractivity contribution is 5.74. The molecule has 0 spiro atoms. The molecular formula is C19H30N2O3. The third-order valence-corrected chi connectivity index (χ3v) is 4.84. The number of carbonyl (C=O) groups is 1.